The number of carbonyl (C=O) groups excluding carboxylic acids is 1. The number of carbonyl (C=O) groups is 2. The molecule has 0 aromatic carbocycles. The van der Waals surface area contributed by atoms with Gasteiger partial charge in [0.15, 0.2) is 0 Å². The number of anilines is 1. The van der Waals surface area contributed by atoms with Crippen molar-refractivity contribution in [3.05, 3.63) is 15.8 Å². The van der Waals surface area contributed by atoms with E-state index >= 15 is 0 Å². The highest BCUT2D eigenvalue weighted by atomic mass is 32.1. The second-order valence-corrected chi connectivity index (χ2v) is 6.25. The summed E-state index contributed by atoms with van der Waals surface area (Å²) < 4.78 is 0. The van der Waals surface area contributed by atoms with Gasteiger partial charge in [-0.3, -0.25) is 4.79 Å². The average Bonchev–Trinajstić information content (AvgIpc) is 2.72. The Kier molecular flexibility index (Phi) is 4.24. The molecule has 1 amide bonds. The van der Waals surface area contributed by atoms with Crippen molar-refractivity contribution in [3.8, 4) is 0 Å². The van der Waals surface area contributed by atoms with Crippen molar-refractivity contribution in [3.63, 3.8) is 0 Å². The third kappa shape index (κ3) is 3.15. The SMILES string of the molecule is Cc1csc(C(=O)O)c1NC(=O)C1CCC(C)CC1. The molecular weight excluding hydrogens is 262 g/mol. The molecule has 1 aliphatic rings. The molecule has 2 rings (SSSR count). The Morgan fingerprint density at radius 3 is 2.53 bits per heavy atom. The second kappa shape index (κ2) is 5.74. The Morgan fingerprint density at radius 2 is 1.95 bits per heavy atom. The maximum absolute atomic E-state index is 12.2. The first-order valence-corrected chi connectivity index (χ1v) is 7.49. The van der Waals surface area contributed by atoms with Crippen molar-refractivity contribution in [2.24, 2.45) is 11.8 Å². The van der Waals surface area contributed by atoms with E-state index in [2.05, 4.69) is 12.2 Å². The maximum Gasteiger partial charge on any atom is 0.348 e. The molecule has 104 valence electrons. The van der Waals surface area contributed by atoms with Crippen LogP contribution in [0.1, 0.15) is 47.8 Å². The minimum absolute atomic E-state index is 0.0251. The molecule has 5 heteroatoms. The molecule has 2 N–H and O–H groups in total. The molecule has 0 atom stereocenters. The molecule has 0 saturated heterocycles. The molecule has 1 aromatic heterocycles. The first kappa shape index (κ1) is 14.1. The highest BCUT2D eigenvalue weighted by Crippen LogP contribution is 2.32. The van der Waals surface area contributed by atoms with Crippen LogP contribution in [-0.2, 0) is 4.79 Å². The van der Waals surface area contributed by atoms with E-state index in [1.807, 2.05) is 6.92 Å². The molecule has 0 aliphatic heterocycles. The number of aryl methyl sites for hydroxylation is 1. The fourth-order valence-corrected chi connectivity index (χ4v) is 3.35. The Labute approximate surface area is 116 Å². The molecule has 0 spiro atoms. The Bertz CT molecular complexity index is 487. The van der Waals surface area contributed by atoms with Crippen molar-refractivity contribution in [2.75, 3.05) is 5.32 Å². The topological polar surface area (TPSA) is 66.4 Å². The van der Waals surface area contributed by atoms with Gasteiger partial charge in [0.05, 0.1) is 5.69 Å². The molecule has 0 unspecified atom stereocenters. The summed E-state index contributed by atoms with van der Waals surface area (Å²) in [5.41, 5.74) is 1.29. The number of carboxylic acid groups (broad SMARTS) is 1. The van der Waals surface area contributed by atoms with Crippen LogP contribution in [0.5, 0.6) is 0 Å². The quantitative estimate of drug-likeness (QED) is 0.890. The largest absolute Gasteiger partial charge is 0.477 e. The van der Waals surface area contributed by atoms with Crippen molar-refractivity contribution in [1.82, 2.24) is 0 Å². The van der Waals surface area contributed by atoms with Gasteiger partial charge < -0.3 is 10.4 Å². The van der Waals surface area contributed by atoms with Crippen LogP contribution in [0.4, 0.5) is 5.69 Å². The van der Waals surface area contributed by atoms with Crippen molar-refractivity contribution < 1.29 is 14.7 Å². The van der Waals surface area contributed by atoms with E-state index in [-0.39, 0.29) is 16.7 Å². The molecule has 1 saturated carbocycles. The lowest BCUT2D eigenvalue weighted by molar-refractivity contribution is -0.121. The van der Waals surface area contributed by atoms with Gasteiger partial charge in [0.2, 0.25) is 5.91 Å². The van der Waals surface area contributed by atoms with Crippen LogP contribution < -0.4 is 5.32 Å². The van der Waals surface area contributed by atoms with Gasteiger partial charge in [0.25, 0.3) is 0 Å². The smallest absolute Gasteiger partial charge is 0.348 e. The van der Waals surface area contributed by atoms with Gasteiger partial charge in [-0.05, 0) is 49.5 Å². The second-order valence-electron chi connectivity index (χ2n) is 5.37. The van der Waals surface area contributed by atoms with Crippen LogP contribution in [0, 0.1) is 18.8 Å². The zero-order valence-electron chi connectivity index (χ0n) is 11.2. The fraction of sp³-hybridized carbons (Fsp3) is 0.571. The van der Waals surface area contributed by atoms with Crippen LogP contribution in [-0.4, -0.2) is 17.0 Å². The number of amides is 1. The Morgan fingerprint density at radius 1 is 1.32 bits per heavy atom. The lowest BCUT2D eigenvalue weighted by atomic mass is 9.82. The van der Waals surface area contributed by atoms with Crippen LogP contribution in [0.25, 0.3) is 0 Å². The summed E-state index contributed by atoms with van der Waals surface area (Å²) in [4.78, 5) is 23.5. The third-order valence-electron chi connectivity index (χ3n) is 3.80. The maximum atomic E-state index is 12.2. The number of hydrogen-bond acceptors (Lipinski definition) is 3. The van der Waals surface area contributed by atoms with Crippen LogP contribution in [0.15, 0.2) is 5.38 Å². The summed E-state index contributed by atoms with van der Waals surface area (Å²) in [6.07, 6.45) is 3.95. The predicted molar refractivity (Wildman–Crippen MR) is 75.8 cm³/mol. The monoisotopic (exact) mass is 281 g/mol. The molecule has 1 aliphatic carbocycles. The van der Waals surface area contributed by atoms with Gasteiger partial charge >= 0.3 is 5.97 Å². The van der Waals surface area contributed by atoms with Gasteiger partial charge in [0, 0.05) is 5.92 Å². The average molecular weight is 281 g/mol. The summed E-state index contributed by atoms with van der Waals surface area (Å²) in [5, 5.41) is 13.7. The zero-order valence-corrected chi connectivity index (χ0v) is 12.0. The summed E-state index contributed by atoms with van der Waals surface area (Å²) in [7, 11) is 0. The predicted octanol–water partition coefficient (Wildman–Crippen LogP) is 3.52. The van der Waals surface area contributed by atoms with E-state index in [4.69, 9.17) is 5.11 Å². The lowest BCUT2D eigenvalue weighted by Gasteiger charge is -2.25. The number of aromatic carboxylic acids is 1. The zero-order chi connectivity index (χ0) is 14.0. The molecule has 4 nitrogen and oxygen atoms in total. The number of nitrogens with one attached hydrogen (secondary N) is 1. The van der Waals surface area contributed by atoms with Crippen LogP contribution in [0.2, 0.25) is 0 Å². The van der Waals surface area contributed by atoms with Gasteiger partial charge in [-0.15, -0.1) is 11.3 Å². The molecule has 0 bridgehead atoms. The molecule has 1 heterocycles. The number of carboxylic acids is 1. The summed E-state index contributed by atoms with van der Waals surface area (Å²) in [6.45, 7) is 4.03. The molecular formula is C14H19NO3S. The summed E-state index contributed by atoms with van der Waals surface area (Å²) in [5.74, 6) is -0.291. The van der Waals surface area contributed by atoms with E-state index in [9.17, 15) is 9.59 Å². The normalized spacial score (nSPS) is 23.1. The van der Waals surface area contributed by atoms with E-state index in [0.717, 1.165) is 42.6 Å². The van der Waals surface area contributed by atoms with E-state index < -0.39 is 5.97 Å². The highest BCUT2D eigenvalue weighted by molar-refractivity contribution is 7.12. The lowest BCUT2D eigenvalue weighted by Crippen LogP contribution is -2.27. The molecule has 0 radical (unpaired) electrons. The summed E-state index contributed by atoms with van der Waals surface area (Å²) >= 11 is 1.16. The first-order chi connectivity index (χ1) is 8.99. The van der Waals surface area contributed by atoms with Gasteiger partial charge in [-0.2, -0.15) is 0 Å². The van der Waals surface area contributed by atoms with Crippen LogP contribution >= 0.6 is 11.3 Å². The Hall–Kier alpha value is -1.36. The number of rotatable bonds is 3. The van der Waals surface area contributed by atoms with Crippen molar-refractivity contribution >= 4 is 28.9 Å². The number of thiophene rings is 1. The molecule has 1 fully saturated rings. The van der Waals surface area contributed by atoms with Crippen molar-refractivity contribution in [1.29, 1.82) is 0 Å². The molecule has 19 heavy (non-hydrogen) atoms. The first-order valence-electron chi connectivity index (χ1n) is 6.61. The molecule has 1 aromatic rings. The van der Waals surface area contributed by atoms with E-state index in [1.54, 1.807) is 5.38 Å². The fourth-order valence-electron chi connectivity index (χ4n) is 2.50. The highest BCUT2D eigenvalue weighted by Gasteiger charge is 2.26. The number of hydrogen-bond donors (Lipinski definition) is 2. The third-order valence-corrected chi connectivity index (χ3v) is 4.89. The minimum Gasteiger partial charge on any atom is -0.477 e. The van der Waals surface area contributed by atoms with Gasteiger partial charge in [0.1, 0.15) is 4.88 Å². The van der Waals surface area contributed by atoms with Gasteiger partial charge in [-0.1, -0.05) is 6.92 Å². The summed E-state index contributed by atoms with van der Waals surface area (Å²) in [6, 6.07) is 0. The van der Waals surface area contributed by atoms with Crippen LogP contribution in [0.3, 0.4) is 0 Å². The minimum atomic E-state index is -0.981. The Balaban J connectivity index is 2.07. The standard InChI is InChI=1S/C14H19NO3S/c1-8-3-5-10(6-4-8)13(16)15-11-9(2)7-19-12(11)14(17)18/h7-8,10H,3-6H2,1-2H3,(H,15,16)(H,17,18). The van der Waals surface area contributed by atoms with E-state index in [1.165, 1.54) is 0 Å². The van der Waals surface area contributed by atoms with Gasteiger partial charge in [-0.25, -0.2) is 4.79 Å². The van der Waals surface area contributed by atoms with E-state index in [0.29, 0.717) is 11.6 Å². The van der Waals surface area contributed by atoms with Crippen molar-refractivity contribution in [2.45, 2.75) is 39.5 Å².